The maximum Gasteiger partial charge on any atom is 0.341 e. The monoisotopic (exact) mass is 406 g/mol. The zero-order valence-corrected chi connectivity index (χ0v) is 16.8. The summed E-state index contributed by atoms with van der Waals surface area (Å²) < 4.78 is 1.50. The van der Waals surface area contributed by atoms with E-state index in [1.165, 1.54) is 10.7 Å². The van der Waals surface area contributed by atoms with Crippen molar-refractivity contribution in [3.63, 3.8) is 0 Å². The summed E-state index contributed by atoms with van der Waals surface area (Å²) in [5.41, 5.74) is 1.91. The van der Waals surface area contributed by atoms with Crippen LogP contribution in [0.5, 0.6) is 0 Å². The number of benzene rings is 1. The molecule has 0 atom stereocenters. The Kier molecular flexibility index (Phi) is 5.31. The molecule has 0 aliphatic carbocycles. The fourth-order valence-electron chi connectivity index (χ4n) is 2.69. The van der Waals surface area contributed by atoms with Crippen LogP contribution in [-0.2, 0) is 6.42 Å². The molecule has 0 fully saturated rings. The number of aromatic nitrogens is 3. The number of carboxylic acid groups (broad SMARTS) is 1. The van der Waals surface area contributed by atoms with Crippen LogP contribution in [0.1, 0.15) is 42.3 Å². The maximum atomic E-state index is 11.5. The second kappa shape index (κ2) is 7.37. The van der Waals surface area contributed by atoms with E-state index in [2.05, 4.69) is 36.2 Å². The Balaban J connectivity index is 2.15. The minimum Gasteiger partial charge on any atom is -0.477 e. The van der Waals surface area contributed by atoms with E-state index in [1.54, 1.807) is 6.07 Å². The van der Waals surface area contributed by atoms with E-state index in [0.717, 1.165) is 11.1 Å². The van der Waals surface area contributed by atoms with Crippen LogP contribution in [0.2, 0.25) is 10.2 Å². The summed E-state index contributed by atoms with van der Waals surface area (Å²) in [6.45, 7) is 6.94. The molecule has 27 heavy (non-hydrogen) atoms. The van der Waals surface area contributed by atoms with Crippen LogP contribution >= 0.6 is 23.2 Å². The highest BCUT2D eigenvalue weighted by atomic mass is 35.5. The number of rotatable bonds is 5. The van der Waals surface area contributed by atoms with Gasteiger partial charge >= 0.3 is 5.97 Å². The quantitative estimate of drug-likeness (QED) is 0.595. The number of carbonyl (C=O) groups is 1. The number of anilines is 1. The fraction of sp³-hybridized carbons (Fsp3) is 0.316. The molecule has 0 radical (unpaired) electrons. The molecule has 0 bridgehead atoms. The third kappa shape index (κ3) is 4.34. The van der Waals surface area contributed by atoms with Crippen molar-refractivity contribution in [2.75, 3.05) is 11.9 Å². The smallest absolute Gasteiger partial charge is 0.341 e. The summed E-state index contributed by atoms with van der Waals surface area (Å²) in [6.07, 6.45) is 1.77. The molecule has 3 rings (SSSR count). The first-order valence-electron chi connectivity index (χ1n) is 8.43. The lowest BCUT2D eigenvalue weighted by atomic mass is 9.97. The number of nitrogens with one attached hydrogen (secondary N) is 1. The van der Waals surface area contributed by atoms with Gasteiger partial charge in [-0.05, 0) is 23.1 Å². The number of nitrogens with zero attached hydrogens (tertiary/aromatic N) is 3. The second-order valence-corrected chi connectivity index (χ2v) is 8.34. The largest absolute Gasteiger partial charge is 0.477 e. The van der Waals surface area contributed by atoms with Crippen LogP contribution in [0.4, 0.5) is 5.82 Å². The molecule has 3 aromatic rings. The minimum absolute atomic E-state index is 0.00181. The highest BCUT2D eigenvalue weighted by molar-refractivity contribution is 6.31. The lowest BCUT2D eigenvalue weighted by Gasteiger charge is -2.22. The van der Waals surface area contributed by atoms with Crippen LogP contribution in [0, 0.1) is 5.41 Å². The van der Waals surface area contributed by atoms with Gasteiger partial charge in [0.05, 0.1) is 6.20 Å². The minimum atomic E-state index is -1.10. The van der Waals surface area contributed by atoms with Gasteiger partial charge in [0.1, 0.15) is 16.5 Å². The molecular weight excluding hydrogens is 387 g/mol. The van der Waals surface area contributed by atoms with E-state index in [9.17, 15) is 9.90 Å². The van der Waals surface area contributed by atoms with E-state index in [-0.39, 0.29) is 21.8 Å². The van der Waals surface area contributed by atoms with Crippen LogP contribution in [0.3, 0.4) is 0 Å². The summed E-state index contributed by atoms with van der Waals surface area (Å²) in [4.78, 5) is 15.8. The third-order valence-electron chi connectivity index (χ3n) is 3.98. The number of hydrogen-bond acceptors (Lipinski definition) is 4. The van der Waals surface area contributed by atoms with E-state index in [4.69, 9.17) is 23.2 Å². The second-order valence-electron chi connectivity index (χ2n) is 7.55. The molecule has 0 saturated carbocycles. The Morgan fingerprint density at radius 3 is 2.67 bits per heavy atom. The number of halogens is 2. The van der Waals surface area contributed by atoms with Gasteiger partial charge in [-0.3, -0.25) is 0 Å². The summed E-state index contributed by atoms with van der Waals surface area (Å²) in [5, 5.41) is 17.8. The molecule has 6 nitrogen and oxygen atoms in total. The molecule has 0 aliphatic heterocycles. The van der Waals surface area contributed by atoms with Crippen molar-refractivity contribution in [2.45, 2.75) is 27.2 Å². The van der Waals surface area contributed by atoms with E-state index in [0.29, 0.717) is 23.8 Å². The third-order valence-corrected chi connectivity index (χ3v) is 4.53. The average molecular weight is 407 g/mol. The molecule has 142 valence electrons. The van der Waals surface area contributed by atoms with Gasteiger partial charge in [0, 0.05) is 23.6 Å². The molecule has 1 aromatic carbocycles. The van der Waals surface area contributed by atoms with Gasteiger partial charge in [-0.25, -0.2) is 9.78 Å². The molecular formula is C19H20Cl2N4O2. The molecule has 2 heterocycles. The van der Waals surface area contributed by atoms with Crippen LogP contribution in [0.15, 0.2) is 30.5 Å². The lowest BCUT2D eigenvalue weighted by Crippen LogP contribution is -2.22. The predicted molar refractivity (Wildman–Crippen MR) is 107 cm³/mol. The molecule has 8 heteroatoms. The lowest BCUT2D eigenvalue weighted by molar-refractivity contribution is 0.0698. The average Bonchev–Trinajstić information content (AvgIpc) is 2.97. The summed E-state index contributed by atoms with van der Waals surface area (Å²) >= 11 is 12.6. The van der Waals surface area contributed by atoms with E-state index < -0.39 is 5.97 Å². The number of hydrogen-bond donors (Lipinski definition) is 2. The zero-order chi connectivity index (χ0) is 19.8. The topological polar surface area (TPSA) is 79.5 Å². The normalized spacial score (nSPS) is 11.7. The maximum absolute atomic E-state index is 11.5. The van der Waals surface area contributed by atoms with E-state index in [1.807, 2.05) is 18.2 Å². The van der Waals surface area contributed by atoms with Crippen LogP contribution < -0.4 is 5.32 Å². The van der Waals surface area contributed by atoms with Crippen molar-refractivity contribution < 1.29 is 9.90 Å². The van der Waals surface area contributed by atoms with Crippen molar-refractivity contribution in [1.82, 2.24) is 14.6 Å². The summed E-state index contributed by atoms with van der Waals surface area (Å²) in [5.74, 6) is -0.467. The van der Waals surface area contributed by atoms with Crippen molar-refractivity contribution in [1.29, 1.82) is 0 Å². The summed E-state index contributed by atoms with van der Waals surface area (Å²) in [7, 11) is 0. The summed E-state index contributed by atoms with van der Waals surface area (Å²) in [6, 6.07) is 7.49. The van der Waals surface area contributed by atoms with Gasteiger partial charge in [0.2, 0.25) is 0 Å². The molecule has 0 saturated heterocycles. The van der Waals surface area contributed by atoms with Gasteiger partial charge in [-0.2, -0.15) is 9.61 Å². The fourth-order valence-corrected chi connectivity index (χ4v) is 3.14. The van der Waals surface area contributed by atoms with Crippen LogP contribution in [0.25, 0.3) is 5.65 Å². The predicted octanol–water partition coefficient (Wildman–Crippen LogP) is 4.78. The Hall–Kier alpha value is -2.31. The Labute approximate surface area is 167 Å². The van der Waals surface area contributed by atoms with Gasteiger partial charge in [-0.1, -0.05) is 56.1 Å². The molecule has 0 amide bonds. The van der Waals surface area contributed by atoms with Crippen molar-refractivity contribution in [2.24, 2.45) is 5.41 Å². The zero-order valence-electron chi connectivity index (χ0n) is 15.3. The Morgan fingerprint density at radius 2 is 2.04 bits per heavy atom. The van der Waals surface area contributed by atoms with Gasteiger partial charge in [-0.15, -0.1) is 0 Å². The number of fused-ring (bicyclic) bond motifs is 1. The standard InChI is InChI=1S/C19H20Cl2N4O2/c1-19(2,3)10-22-16-13(8-11-5-4-6-12(20)7-11)15(21)24-17-14(18(26)27)9-23-25(16)17/h4-7,9,22H,8,10H2,1-3H3,(H,26,27). The van der Waals surface area contributed by atoms with Crippen LogP contribution in [-0.4, -0.2) is 32.2 Å². The first kappa shape index (κ1) is 19.5. The molecule has 0 unspecified atom stereocenters. The SMILES string of the molecule is CC(C)(C)CNc1c(Cc2cccc(Cl)c2)c(Cl)nc2c(C(=O)O)cnn12. The van der Waals surface area contributed by atoms with Crippen molar-refractivity contribution >= 4 is 40.6 Å². The van der Waals surface area contributed by atoms with E-state index >= 15 is 0 Å². The highest BCUT2D eigenvalue weighted by Gasteiger charge is 2.22. The van der Waals surface area contributed by atoms with Gasteiger partial charge in [0.15, 0.2) is 5.65 Å². The van der Waals surface area contributed by atoms with Crippen molar-refractivity contribution in [3.05, 3.63) is 57.3 Å². The molecule has 2 aromatic heterocycles. The Bertz CT molecular complexity index is 1010. The molecule has 2 N–H and O–H groups in total. The highest BCUT2D eigenvalue weighted by Crippen LogP contribution is 2.29. The Morgan fingerprint density at radius 1 is 1.30 bits per heavy atom. The number of aromatic carboxylic acids is 1. The van der Waals surface area contributed by atoms with Gasteiger partial charge in [0.25, 0.3) is 0 Å². The molecule has 0 spiro atoms. The first-order valence-corrected chi connectivity index (χ1v) is 9.19. The first-order chi connectivity index (χ1) is 12.7. The number of carboxylic acids is 1. The van der Waals surface area contributed by atoms with Crippen molar-refractivity contribution in [3.8, 4) is 0 Å². The van der Waals surface area contributed by atoms with Gasteiger partial charge < -0.3 is 10.4 Å². The molecule has 0 aliphatic rings.